The van der Waals surface area contributed by atoms with E-state index in [1.807, 2.05) is 0 Å². The zero-order valence-corrected chi connectivity index (χ0v) is 18.3. The molecule has 32 heavy (non-hydrogen) atoms. The standard InChI is InChI=1S/C26H30FNO4/c27-21-9-22(32-12-26-10-13-3-14(11-26)5-17(26)4-13)19(15-1-2-15)8-20(21)24(29)28-18-6-16(7-18)23(28)25(30)31/h8-9,13-18,23H,1-7,10-12H2,(H,30,31)/t13?,14?,16?,17?,18?,23-,26?/m0/s1. The summed E-state index contributed by atoms with van der Waals surface area (Å²) in [5.41, 5.74) is 1.21. The predicted molar refractivity (Wildman–Crippen MR) is 114 cm³/mol. The van der Waals surface area contributed by atoms with Crippen molar-refractivity contribution in [1.29, 1.82) is 0 Å². The number of carboxylic acid groups (broad SMARTS) is 1. The van der Waals surface area contributed by atoms with E-state index >= 15 is 4.39 Å². The zero-order chi connectivity index (χ0) is 21.8. The van der Waals surface area contributed by atoms with Gasteiger partial charge in [-0.1, -0.05) is 0 Å². The van der Waals surface area contributed by atoms with E-state index in [0.29, 0.717) is 31.1 Å². The Morgan fingerprint density at radius 3 is 2.47 bits per heavy atom. The van der Waals surface area contributed by atoms with Crippen LogP contribution in [0.3, 0.4) is 0 Å². The van der Waals surface area contributed by atoms with Crippen molar-refractivity contribution in [3.63, 3.8) is 0 Å². The van der Waals surface area contributed by atoms with E-state index in [4.69, 9.17) is 4.74 Å². The van der Waals surface area contributed by atoms with Gasteiger partial charge in [0.15, 0.2) is 0 Å². The lowest BCUT2D eigenvalue weighted by atomic mass is 9.76. The van der Waals surface area contributed by atoms with Gasteiger partial charge in [-0.25, -0.2) is 9.18 Å². The maximum atomic E-state index is 15.2. The number of ether oxygens (including phenoxy) is 1. The fourth-order valence-corrected chi connectivity index (χ4v) is 8.32. The van der Waals surface area contributed by atoms with Crippen molar-refractivity contribution in [1.82, 2.24) is 4.90 Å². The van der Waals surface area contributed by atoms with Crippen molar-refractivity contribution >= 4 is 11.9 Å². The Balaban J connectivity index is 1.16. The van der Waals surface area contributed by atoms with Crippen LogP contribution in [0, 0.1) is 34.9 Å². The molecule has 1 N–H and O–H groups in total. The maximum absolute atomic E-state index is 15.2. The van der Waals surface area contributed by atoms with E-state index < -0.39 is 23.7 Å². The van der Waals surface area contributed by atoms with Crippen LogP contribution >= 0.6 is 0 Å². The molecule has 170 valence electrons. The lowest BCUT2D eigenvalue weighted by Crippen LogP contribution is -2.41. The molecule has 1 aromatic rings. The summed E-state index contributed by atoms with van der Waals surface area (Å²) in [5.74, 6) is 1.34. The van der Waals surface area contributed by atoms with Gasteiger partial charge < -0.3 is 14.7 Å². The van der Waals surface area contributed by atoms with Crippen LogP contribution in [0.25, 0.3) is 0 Å². The highest BCUT2D eigenvalue weighted by Gasteiger charge is 2.58. The summed E-state index contributed by atoms with van der Waals surface area (Å²) in [4.78, 5) is 26.4. The molecule has 2 heterocycles. The van der Waals surface area contributed by atoms with Crippen LogP contribution in [0.15, 0.2) is 12.1 Å². The SMILES string of the molecule is O=C(O)[C@@H]1C2CC(C2)N1C(=O)c1cc(C2CC2)c(OCC23CC4CC(CC2C4)C3)cc1F. The molecule has 3 atom stereocenters. The molecule has 6 saturated carbocycles. The summed E-state index contributed by atoms with van der Waals surface area (Å²) in [6, 6.07) is 2.20. The number of nitrogens with zero attached hydrogens (tertiary/aromatic N) is 1. The Hall–Kier alpha value is -2.11. The first-order chi connectivity index (χ1) is 15.4. The largest absolute Gasteiger partial charge is 0.493 e. The normalized spacial score (nSPS) is 40.6. The molecule has 6 heteroatoms. The van der Waals surface area contributed by atoms with Gasteiger partial charge in [0, 0.05) is 17.5 Å². The minimum Gasteiger partial charge on any atom is -0.493 e. The van der Waals surface area contributed by atoms with Crippen molar-refractivity contribution in [2.24, 2.45) is 29.1 Å². The topological polar surface area (TPSA) is 66.8 Å². The Labute approximate surface area is 187 Å². The number of hydrogen-bond donors (Lipinski definition) is 1. The second-order valence-electron chi connectivity index (χ2n) is 11.7. The average molecular weight is 440 g/mol. The van der Waals surface area contributed by atoms with Gasteiger partial charge in [-0.05, 0) is 99.0 Å². The van der Waals surface area contributed by atoms with Crippen molar-refractivity contribution in [3.8, 4) is 5.75 Å². The minimum atomic E-state index is -0.980. The molecular formula is C26H30FNO4. The second kappa shape index (κ2) is 6.48. The van der Waals surface area contributed by atoms with E-state index in [9.17, 15) is 14.7 Å². The Morgan fingerprint density at radius 1 is 1.09 bits per heavy atom. The number of hydrogen-bond acceptors (Lipinski definition) is 3. The first-order valence-electron chi connectivity index (χ1n) is 12.4. The molecular weight excluding hydrogens is 409 g/mol. The number of aliphatic carboxylic acids is 1. The Bertz CT molecular complexity index is 999. The quantitative estimate of drug-likeness (QED) is 0.704. The zero-order valence-electron chi connectivity index (χ0n) is 18.3. The van der Waals surface area contributed by atoms with Gasteiger partial charge in [-0.2, -0.15) is 0 Å². The third-order valence-electron chi connectivity index (χ3n) is 9.80. The first-order valence-corrected chi connectivity index (χ1v) is 12.4. The number of carbonyl (C=O) groups is 2. The number of rotatable bonds is 6. The Morgan fingerprint density at radius 2 is 1.81 bits per heavy atom. The molecule has 0 radical (unpaired) electrons. The van der Waals surface area contributed by atoms with Crippen LogP contribution in [0.4, 0.5) is 4.39 Å². The molecule has 2 unspecified atom stereocenters. The summed E-state index contributed by atoms with van der Waals surface area (Å²) in [6.45, 7) is 0.661. The van der Waals surface area contributed by atoms with Gasteiger partial charge >= 0.3 is 5.97 Å². The number of carbonyl (C=O) groups excluding carboxylic acids is 1. The average Bonchev–Trinajstić information content (AvgIpc) is 3.23. The maximum Gasteiger partial charge on any atom is 0.326 e. The summed E-state index contributed by atoms with van der Waals surface area (Å²) >= 11 is 0. The van der Waals surface area contributed by atoms with E-state index in [1.165, 1.54) is 43.1 Å². The molecule has 6 aliphatic carbocycles. The van der Waals surface area contributed by atoms with E-state index in [-0.39, 0.29) is 22.9 Å². The highest BCUT2D eigenvalue weighted by Crippen LogP contribution is 2.65. The monoisotopic (exact) mass is 439 g/mol. The molecule has 8 aliphatic rings. The lowest BCUT2D eigenvalue weighted by Gasteiger charge is -2.33. The van der Waals surface area contributed by atoms with Gasteiger partial charge in [0.05, 0.1) is 12.2 Å². The highest BCUT2D eigenvalue weighted by atomic mass is 19.1. The highest BCUT2D eigenvalue weighted by molar-refractivity contribution is 5.98. The van der Waals surface area contributed by atoms with Gasteiger partial charge in [0.25, 0.3) is 5.91 Å². The molecule has 9 rings (SSSR count). The summed E-state index contributed by atoms with van der Waals surface area (Å²) < 4.78 is 21.6. The van der Waals surface area contributed by atoms with Crippen molar-refractivity contribution in [2.45, 2.75) is 75.8 Å². The van der Waals surface area contributed by atoms with Crippen LogP contribution in [-0.2, 0) is 4.79 Å². The third kappa shape index (κ3) is 2.67. The van der Waals surface area contributed by atoms with Crippen molar-refractivity contribution < 1.29 is 23.8 Å². The number of carboxylic acids is 1. The van der Waals surface area contributed by atoms with Crippen LogP contribution in [-0.4, -0.2) is 40.6 Å². The fourth-order valence-electron chi connectivity index (χ4n) is 8.32. The lowest BCUT2D eigenvalue weighted by molar-refractivity contribution is -0.141. The number of amides is 1. The number of benzene rings is 1. The molecule has 2 saturated heterocycles. The van der Waals surface area contributed by atoms with Crippen LogP contribution < -0.4 is 4.74 Å². The molecule has 8 fully saturated rings. The third-order valence-corrected chi connectivity index (χ3v) is 9.80. The number of fused-ring (bicyclic) bond motifs is 1. The van der Waals surface area contributed by atoms with Crippen molar-refractivity contribution in [2.75, 3.05) is 6.61 Å². The van der Waals surface area contributed by atoms with E-state index in [2.05, 4.69) is 0 Å². The van der Waals surface area contributed by atoms with Crippen LogP contribution in [0.1, 0.15) is 79.6 Å². The molecule has 6 bridgehead atoms. The fraction of sp³-hybridized carbons (Fsp3) is 0.692. The summed E-state index contributed by atoms with van der Waals surface area (Å²) in [7, 11) is 0. The molecule has 1 aromatic carbocycles. The smallest absolute Gasteiger partial charge is 0.326 e. The minimum absolute atomic E-state index is 0.00579. The van der Waals surface area contributed by atoms with E-state index in [1.54, 1.807) is 6.07 Å². The Kier molecular flexibility index (Phi) is 3.92. The van der Waals surface area contributed by atoms with Gasteiger partial charge in [0.1, 0.15) is 17.6 Å². The molecule has 5 nitrogen and oxygen atoms in total. The van der Waals surface area contributed by atoms with E-state index in [0.717, 1.165) is 36.2 Å². The molecule has 2 aliphatic heterocycles. The van der Waals surface area contributed by atoms with Gasteiger partial charge in [-0.15, -0.1) is 0 Å². The second-order valence-corrected chi connectivity index (χ2v) is 11.7. The van der Waals surface area contributed by atoms with Crippen LogP contribution in [0.5, 0.6) is 5.75 Å². The van der Waals surface area contributed by atoms with Gasteiger partial charge in [0.2, 0.25) is 0 Å². The predicted octanol–water partition coefficient (Wildman–Crippen LogP) is 4.60. The van der Waals surface area contributed by atoms with Crippen molar-refractivity contribution in [3.05, 3.63) is 29.1 Å². The summed E-state index contributed by atoms with van der Waals surface area (Å²) in [6.07, 6.45) is 10.0. The number of halogens is 1. The summed E-state index contributed by atoms with van der Waals surface area (Å²) in [5, 5.41) is 9.60. The molecule has 0 aromatic heterocycles. The first kappa shape index (κ1) is 19.4. The van der Waals surface area contributed by atoms with Gasteiger partial charge in [-0.3, -0.25) is 4.79 Å². The molecule has 1 amide bonds. The molecule has 0 spiro atoms. The van der Waals surface area contributed by atoms with Crippen LogP contribution in [0.2, 0.25) is 0 Å².